The lowest BCUT2D eigenvalue weighted by atomic mass is 10.1. The summed E-state index contributed by atoms with van der Waals surface area (Å²) < 4.78 is 38.8. The van der Waals surface area contributed by atoms with Gasteiger partial charge in [-0.2, -0.15) is 13.4 Å². The lowest BCUT2D eigenvalue weighted by molar-refractivity contribution is 0.293. The maximum atomic E-state index is 13.6. The predicted molar refractivity (Wildman–Crippen MR) is 111 cm³/mol. The minimum Gasteiger partial charge on any atom is -0.497 e. The van der Waals surface area contributed by atoms with Crippen LogP contribution in [0.25, 0.3) is 11.4 Å². The molecule has 8 heteroatoms. The van der Waals surface area contributed by atoms with Gasteiger partial charge in [-0.05, 0) is 62.6 Å². The first-order valence-corrected chi connectivity index (χ1v) is 10.8. The quantitative estimate of drug-likeness (QED) is 0.582. The molecular weight excluding hydrogens is 390 g/mol. The summed E-state index contributed by atoms with van der Waals surface area (Å²) in [5.41, 5.74) is 2.92. The number of methoxy groups -OCH3 is 1. The highest BCUT2D eigenvalue weighted by Gasteiger charge is 2.28. The van der Waals surface area contributed by atoms with Gasteiger partial charge in [0, 0.05) is 5.56 Å². The monoisotopic (exact) mass is 415 g/mol. The van der Waals surface area contributed by atoms with Gasteiger partial charge in [0.05, 0.1) is 18.6 Å². The van der Waals surface area contributed by atoms with Gasteiger partial charge in [-0.3, -0.25) is 0 Å². The van der Waals surface area contributed by atoms with Crippen LogP contribution in [-0.2, 0) is 10.0 Å². The van der Waals surface area contributed by atoms with Crippen molar-refractivity contribution in [2.24, 2.45) is 0 Å². The Bertz CT molecular complexity index is 1100. The van der Waals surface area contributed by atoms with Crippen LogP contribution in [0.3, 0.4) is 0 Å². The Balaban J connectivity index is 2.20. The van der Waals surface area contributed by atoms with E-state index in [0.717, 1.165) is 16.1 Å². The number of hydrogen-bond donors (Lipinski definition) is 0. The maximum Gasteiger partial charge on any atom is 0.337 e. The van der Waals surface area contributed by atoms with E-state index in [2.05, 4.69) is 10.1 Å². The van der Waals surface area contributed by atoms with Crippen molar-refractivity contribution in [1.82, 2.24) is 14.2 Å². The third-order valence-corrected chi connectivity index (χ3v) is 6.30. The molecule has 1 heterocycles. The van der Waals surface area contributed by atoms with Crippen LogP contribution in [0.15, 0.2) is 41.3 Å². The zero-order chi connectivity index (χ0) is 21.2. The van der Waals surface area contributed by atoms with E-state index in [4.69, 9.17) is 9.47 Å². The summed E-state index contributed by atoms with van der Waals surface area (Å²) in [4.78, 5) is 4.58. The Morgan fingerprint density at radius 2 is 1.66 bits per heavy atom. The van der Waals surface area contributed by atoms with Crippen LogP contribution in [0.1, 0.15) is 30.0 Å². The van der Waals surface area contributed by atoms with Gasteiger partial charge in [0.25, 0.3) is 10.0 Å². The molecule has 3 rings (SSSR count). The number of ether oxygens (including phenoxy) is 2. The van der Waals surface area contributed by atoms with Gasteiger partial charge in [-0.15, -0.1) is 4.09 Å². The lowest BCUT2D eigenvalue weighted by Gasteiger charge is -2.13. The molecule has 0 amide bonds. The average Bonchev–Trinajstić information content (AvgIpc) is 3.10. The van der Waals surface area contributed by atoms with Crippen molar-refractivity contribution in [3.8, 4) is 23.1 Å². The second-order valence-electron chi connectivity index (χ2n) is 6.87. The molecule has 0 radical (unpaired) electrons. The summed E-state index contributed by atoms with van der Waals surface area (Å²) in [7, 11) is -2.41. The second kappa shape index (κ2) is 8.24. The molecule has 3 aromatic rings. The summed E-state index contributed by atoms with van der Waals surface area (Å²) in [6.45, 7) is 7.86. The summed E-state index contributed by atoms with van der Waals surface area (Å²) in [6, 6.07) is 10.7. The van der Waals surface area contributed by atoms with E-state index in [-0.39, 0.29) is 16.7 Å². The molecule has 0 saturated carbocycles. The number of hydrogen-bond acceptors (Lipinski definition) is 6. The van der Waals surface area contributed by atoms with Crippen LogP contribution >= 0.6 is 0 Å². The fraction of sp³-hybridized carbons (Fsp3) is 0.333. The van der Waals surface area contributed by atoms with Gasteiger partial charge in [-0.25, -0.2) is 0 Å². The first-order valence-electron chi connectivity index (χ1n) is 9.35. The van der Waals surface area contributed by atoms with Crippen molar-refractivity contribution >= 4 is 10.0 Å². The minimum atomic E-state index is -3.98. The maximum absolute atomic E-state index is 13.6. The molecule has 0 aliphatic carbocycles. The van der Waals surface area contributed by atoms with Crippen LogP contribution < -0.4 is 9.47 Å². The minimum absolute atomic E-state index is 0.0312. The Kier molecular flexibility index (Phi) is 5.93. The fourth-order valence-corrected chi connectivity index (χ4v) is 4.93. The van der Waals surface area contributed by atoms with Gasteiger partial charge in [0.1, 0.15) is 5.75 Å². The molecule has 0 fully saturated rings. The highest BCUT2D eigenvalue weighted by Crippen LogP contribution is 2.29. The van der Waals surface area contributed by atoms with E-state index in [0.29, 0.717) is 29.0 Å². The molecule has 0 aliphatic heterocycles. The topological polar surface area (TPSA) is 83.3 Å². The molecule has 0 bridgehead atoms. The normalized spacial score (nSPS) is 11.5. The summed E-state index contributed by atoms with van der Waals surface area (Å²) >= 11 is 0. The van der Waals surface area contributed by atoms with Gasteiger partial charge < -0.3 is 9.47 Å². The van der Waals surface area contributed by atoms with E-state index < -0.39 is 10.0 Å². The van der Waals surface area contributed by atoms with E-state index in [1.807, 2.05) is 26.0 Å². The van der Waals surface area contributed by atoms with Crippen LogP contribution in [0.4, 0.5) is 0 Å². The number of aromatic nitrogens is 3. The standard InChI is InChI=1S/C21H25N3O4S/c1-6-11-28-21-22-20(17-7-9-18(27-5)10-8-17)24(23-21)29(25,26)19-15(3)12-14(2)13-16(19)4/h7-10,12-13H,6,11H2,1-5H3. The predicted octanol–water partition coefficient (Wildman–Crippen LogP) is 3.90. The van der Waals surface area contributed by atoms with Gasteiger partial charge >= 0.3 is 6.01 Å². The SMILES string of the molecule is CCCOc1nc(-c2ccc(OC)cc2)n(S(=O)(=O)c2c(C)cc(C)cc2C)n1. The molecule has 1 aromatic heterocycles. The fourth-order valence-electron chi connectivity index (χ4n) is 3.28. The van der Waals surface area contributed by atoms with E-state index in [1.165, 1.54) is 0 Å². The van der Waals surface area contributed by atoms with Crippen molar-refractivity contribution in [3.63, 3.8) is 0 Å². The van der Waals surface area contributed by atoms with Crippen LogP contribution in [0.5, 0.6) is 11.8 Å². The third-order valence-electron chi connectivity index (χ3n) is 4.43. The Morgan fingerprint density at radius 1 is 1.03 bits per heavy atom. The Morgan fingerprint density at radius 3 is 2.21 bits per heavy atom. The lowest BCUT2D eigenvalue weighted by Crippen LogP contribution is -2.18. The first-order chi connectivity index (χ1) is 13.8. The van der Waals surface area contributed by atoms with Crippen LogP contribution in [0, 0.1) is 20.8 Å². The molecule has 0 N–H and O–H groups in total. The van der Waals surface area contributed by atoms with E-state index in [1.54, 1.807) is 45.2 Å². The molecule has 0 atom stereocenters. The number of rotatable bonds is 7. The highest BCUT2D eigenvalue weighted by atomic mass is 32.2. The molecular formula is C21H25N3O4S. The Hall–Kier alpha value is -2.87. The first kappa shape index (κ1) is 20.9. The molecule has 0 spiro atoms. The number of nitrogens with zero attached hydrogens (tertiary/aromatic N) is 3. The van der Waals surface area contributed by atoms with Crippen molar-refractivity contribution in [3.05, 3.63) is 53.1 Å². The largest absolute Gasteiger partial charge is 0.497 e. The zero-order valence-corrected chi connectivity index (χ0v) is 18.1. The molecule has 2 aromatic carbocycles. The third kappa shape index (κ3) is 4.12. The molecule has 0 aliphatic rings. The van der Waals surface area contributed by atoms with Crippen molar-refractivity contribution in [2.75, 3.05) is 13.7 Å². The van der Waals surface area contributed by atoms with Gasteiger partial charge in [0.15, 0.2) is 5.82 Å². The molecule has 29 heavy (non-hydrogen) atoms. The van der Waals surface area contributed by atoms with E-state index in [9.17, 15) is 8.42 Å². The van der Waals surface area contributed by atoms with E-state index >= 15 is 0 Å². The average molecular weight is 416 g/mol. The smallest absolute Gasteiger partial charge is 0.337 e. The summed E-state index contributed by atoms with van der Waals surface area (Å²) in [6.07, 6.45) is 0.759. The van der Waals surface area contributed by atoms with Gasteiger partial charge in [0.2, 0.25) is 0 Å². The Labute approximate surface area is 171 Å². The molecule has 0 saturated heterocycles. The molecule has 0 unspecified atom stereocenters. The van der Waals surface area contributed by atoms with Crippen molar-refractivity contribution < 1.29 is 17.9 Å². The van der Waals surface area contributed by atoms with Gasteiger partial charge in [-0.1, -0.05) is 29.7 Å². The van der Waals surface area contributed by atoms with Crippen molar-refractivity contribution in [1.29, 1.82) is 0 Å². The van der Waals surface area contributed by atoms with Crippen LogP contribution in [0.2, 0.25) is 0 Å². The molecule has 154 valence electrons. The van der Waals surface area contributed by atoms with Crippen molar-refractivity contribution in [2.45, 2.75) is 39.0 Å². The molecule has 7 nitrogen and oxygen atoms in total. The van der Waals surface area contributed by atoms with Crippen LogP contribution in [-0.4, -0.2) is 36.3 Å². The highest BCUT2D eigenvalue weighted by molar-refractivity contribution is 7.90. The number of benzene rings is 2. The summed E-state index contributed by atoms with van der Waals surface area (Å²) in [5.74, 6) is 0.855. The zero-order valence-electron chi connectivity index (χ0n) is 17.3. The number of aryl methyl sites for hydroxylation is 3. The summed E-state index contributed by atoms with van der Waals surface area (Å²) in [5, 5.41) is 4.18. The second-order valence-corrected chi connectivity index (χ2v) is 8.58.